The number of likely N-dealkylation sites (tertiary alicyclic amines) is 1. The fourth-order valence-electron chi connectivity index (χ4n) is 8.43. The second-order valence-electron chi connectivity index (χ2n) is 16.4. The Kier molecular flexibility index (Phi) is 19.5. The minimum Gasteiger partial charge on any atom is -0.453 e. The molecule has 10 atom stereocenters. The Labute approximate surface area is 330 Å². The quantitative estimate of drug-likeness (QED) is 0.146. The van der Waals surface area contributed by atoms with Gasteiger partial charge in [-0.15, -0.1) is 0 Å². The molecule has 1 N–H and O–H groups in total. The average Bonchev–Trinajstić information content (AvgIpc) is 3.65. The van der Waals surface area contributed by atoms with Crippen LogP contribution in [0.3, 0.4) is 0 Å². The summed E-state index contributed by atoms with van der Waals surface area (Å²) in [5.41, 5.74) is 0.762. The van der Waals surface area contributed by atoms with E-state index in [0.29, 0.717) is 13.0 Å². The fraction of sp³-hybridized carbons (Fsp3) is 0.744. The van der Waals surface area contributed by atoms with Gasteiger partial charge in [0, 0.05) is 59.5 Å². The number of benzene rings is 1. The van der Waals surface area contributed by atoms with E-state index in [1.54, 1.807) is 31.1 Å². The molecular formula is C43H71N3O9. The molecule has 3 amide bonds. The lowest BCUT2D eigenvalue weighted by molar-refractivity contribution is -0.149. The summed E-state index contributed by atoms with van der Waals surface area (Å²) in [7, 11) is 7.64. The number of hydrogen-bond donors (Lipinski definition) is 1. The predicted molar refractivity (Wildman–Crippen MR) is 213 cm³/mol. The van der Waals surface area contributed by atoms with E-state index in [1.165, 1.54) is 19.1 Å². The first kappa shape index (κ1) is 47.8. The number of aliphatic hydroxyl groups is 1. The molecule has 1 fully saturated rings. The first-order valence-corrected chi connectivity index (χ1v) is 20.1. The number of ether oxygens (including phenoxy) is 3. The number of methoxy groups -OCH3 is 3. The van der Waals surface area contributed by atoms with Gasteiger partial charge in [0.15, 0.2) is 5.78 Å². The standard InChI is InChI=1S/C43H71N3O9/c1-14-28(6)39(44(9)42(51)32(26(2)3)24-35(48)38(27(4)5)45(10)43(52)55-13)36(53-11)25-37(49)46-22-18-21-33(46)41(54-12)30(8)34(47)23-29(7)40(50)31-19-16-15-17-20-31/h15-17,19-20,26-30,32-33,36,38-41,50H,14,18,21-25H2,1-13H3/t28-,29-,30-,32-,33-,36+,38-,39-,40+,41+/m0/s1. The maximum atomic E-state index is 14.4. The third kappa shape index (κ3) is 12.3. The number of amides is 3. The van der Waals surface area contributed by atoms with Crippen LogP contribution in [-0.4, -0.2) is 122 Å². The van der Waals surface area contributed by atoms with E-state index in [9.17, 15) is 29.1 Å². The van der Waals surface area contributed by atoms with Gasteiger partial charge in [-0.3, -0.25) is 19.2 Å². The predicted octanol–water partition coefficient (Wildman–Crippen LogP) is 6.19. The van der Waals surface area contributed by atoms with E-state index in [-0.39, 0.29) is 72.4 Å². The molecule has 1 aliphatic rings. The molecule has 12 nitrogen and oxygen atoms in total. The van der Waals surface area contributed by atoms with Crippen molar-refractivity contribution >= 4 is 29.5 Å². The highest BCUT2D eigenvalue weighted by molar-refractivity contribution is 5.92. The monoisotopic (exact) mass is 774 g/mol. The van der Waals surface area contributed by atoms with Gasteiger partial charge in [-0.1, -0.05) is 92.1 Å². The summed E-state index contributed by atoms with van der Waals surface area (Å²) < 4.78 is 16.9. The molecule has 2 rings (SSSR count). The number of nitrogens with zero attached hydrogens (tertiary/aromatic N) is 3. The van der Waals surface area contributed by atoms with Crippen LogP contribution in [0.15, 0.2) is 30.3 Å². The Morgan fingerprint density at radius 2 is 1.44 bits per heavy atom. The van der Waals surface area contributed by atoms with Gasteiger partial charge in [0.2, 0.25) is 11.8 Å². The lowest BCUT2D eigenvalue weighted by Gasteiger charge is -2.41. The zero-order valence-corrected chi connectivity index (χ0v) is 35.8. The lowest BCUT2D eigenvalue weighted by atomic mass is 9.83. The van der Waals surface area contributed by atoms with Crippen molar-refractivity contribution in [2.75, 3.05) is 42.0 Å². The van der Waals surface area contributed by atoms with Crippen molar-refractivity contribution in [2.24, 2.45) is 35.5 Å². The average molecular weight is 774 g/mol. The first-order chi connectivity index (χ1) is 25.9. The molecule has 1 aromatic carbocycles. The van der Waals surface area contributed by atoms with Crippen LogP contribution in [0, 0.1) is 35.5 Å². The number of ketones is 2. The Morgan fingerprint density at radius 3 is 1.95 bits per heavy atom. The number of Topliss-reactive ketones (excluding diaryl/α,β-unsaturated/α-hetero) is 2. The summed E-state index contributed by atoms with van der Waals surface area (Å²) in [5, 5.41) is 10.9. The van der Waals surface area contributed by atoms with Crippen molar-refractivity contribution in [2.45, 2.75) is 130 Å². The van der Waals surface area contributed by atoms with Crippen molar-refractivity contribution in [3.8, 4) is 0 Å². The number of rotatable bonds is 22. The van der Waals surface area contributed by atoms with Crippen LogP contribution in [0.25, 0.3) is 0 Å². The van der Waals surface area contributed by atoms with Crippen LogP contribution in [0.4, 0.5) is 4.79 Å². The van der Waals surface area contributed by atoms with Crippen molar-refractivity contribution in [1.29, 1.82) is 0 Å². The highest BCUT2D eigenvalue weighted by Gasteiger charge is 2.43. The molecule has 312 valence electrons. The van der Waals surface area contributed by atoms with Crippen LogP contribution in [0.5, 0.6) is 0 Å². The van der Waals surface area contributed by atoms with Gasteiger partial charge in [-0.05, 0) is 42.1 Å². The molecule has 0 unspecified atom stereocenters. The zero-order chi connectivity index (χ0) is 41.7. The first-order valence-electron chi connectivity index (χ1n) is 20.1. The molecule has 0 spiro atoms. The van der Waals surface area contributed by atoms with Gasteiger partial charge in [-0.2, -0.15) is 0 Å². The van der Waals surface area contributed by atoms with Gasteiger partial charge in [0.05, 0.1) is 50.0 Å². The van der Waals surface area contributed by atoms with E-state index >= 15 is 0 Å². The van der Waals surface area contributed by atoms with Gasteiger partial charge >= 0.3 is 6.09 Å². The molecule has 0 aliphatic carbocycles. The summed E-state index contributed by atoms with van der Waals surface area (Å²) in [6.07, 6.45) is -0.277. The molecular weight excluding hydrogens is 702 g/mol. The van der Waals surface area contributed by atoms with E-state index in [2.05, 4.69) is 0 Å². The number of carbonyl (C=O) groups is 5. The highest BCUT2D eigenvalue weighted by Crippen LogP contribution is 2.33. The van der Waals surface area contributed by atoms with Crippen LogP contribution in [-0.2, 0) is 33.4 Å². The Hall–Kier alpha value is -3.35. The van der Waals surface area contributed by atoms with Crippen LogP contribution >= 0.6 is 0 Å². The van der Waals surface area contributed by atoms with E-state index in [4.69, 9.17) is 14.2 Å². The normalized spacial score (nSPS) is 19.5. The largest absolute Gasteiger partial charge is 0.453 e. The summed E-state index contributed by atoms with van der Waals surface area (Å²) in [4.78, 5) is 73.0. The van der Waals surface area contributed by atoms with E-state index in [1.807, 2.05) is 85.7 Å². The molecule has 0 radical (unpaired) electrons. The molecule has 0 bridgehead atoms. The van der Waals surface area contributed by atoms with E-state index in [0.717, 1.165) is 18.4 Å². The Bertz CT molecular complexity index is 1390. The van der Waals surface area contributed by atoms with E-state index < -0.39 is 48.3 Å². The van der Waals surface area contributed by atoms with Crippen LogP contribution in [0.2, 0.25) is 0 Å². The molecule has 1 aliphatic heterocycles. The van der Waals surface area contributed by atoms with Crippen molar-refractivity contribution in [1.82, 2.24) is 14.7 Å². The molecule has 1 aromatic rings. The maximum Gasteiger partial charge on any atom is 0.409 e. The van der Waals surface area contributed by atoms with Gasteiger partial charge < -0.3 is 34.0 Å². The lowest BCUT2D eigenvalue weighted by Crippen LogP contribution is -2.54. The van der Waals surface area contributed by atoms with Crippen LogP contribution in [0.1, 0.15) is 106 Å². The summed E-state index contributed by atoms with van der Waals surface area (Å²) in [6, 6.07) is 7.75. The summed E-state index contributed by atoms with van der Waals surface area (Å²) >= 11 is 0. The Morgan fingerprint density at radius 1 is 0.818 bits per heavy atom. The number of hydrogen-bond acceptors (Lipinski definition) is 9. The summed E-state index contributed by atoms with van der Waals surface area (Å²) in [6.45, 7) is 15.8. The van der Waals surface area contributed by atoms with Crippen LogP contribution < -0.4 is 0 Å². The molecule has 1 heterocycles. The number of aliphatic hydroxyl groups excluding tert-OH is 1. The molecule has 1 saturated heterocycles. The Balaban J connectivity index is 2.28. The SMILES string of the molecule is CC[C@H](C)[C@@H]([C@@H](CC(=O)N1CCC[C@H]1[C@H](OC)[C@@H](C)C(=O)C[C@H](C)[C@@H](O)c1ccccc1)OC)N(C)C(=O)[C@@H](CC(=O)[C@H](C(C)C)N(C)C(=O)OC)C(C)C. The van der Waals surface area contributed by atoms with Gasteiger partial charge in [0.1, 0.15) is 5.78 Å². The zero-order valence-electron chi connectivity index (χ0n) is 35.8. The smallest absolute Gasteiger partial charge is 0.409 e. The third-order valence-electron chi connectivity index (χ3n) is 11.9. The van der Waals surface area contributed by atoms with Crippen molar-refractivity contribution in [3.05, 3.63) is 35.9 Å². The van der Waals surface area contributed by atoms with Gasteiger partial charge in [0.25, 0.3) is 0 Å². The molecule has 55 heavy (non-hydrogen) atoms. The van der Waals surface area contributed by atoms with Gasteiger partial charge in [-0.25, -0.2) is 4.79 Å². The number of carbonyl (C=O) groups excluding carboxylic acids is 5. The minimum absolute atomic E-state index is 0.0172. The molecule has 0 saturated carbocycles. The highest BCUT2D eigenvalue weighted by atomic mass is 16.5. The second-order valence-corrected chi connectivity index (χ2v) is 16.4. The van der Waals surface area contributed by atoms with Crippen molar-refractivity contribution < 1.29 is 43.3 Å². The maximum absolute atomic E-state index is 14.4. The minimum atomic E-state index is -0.779. The molecule has 12 heteroatoms. The summed E-state index contributed by atoms with van der Waals surface area (Å²) in [5.74, 6) is -2.51. The fourth-order valence-corrected chi connectivity index (χ4v) is 8.43. The third-order valence-corrected chi connectivity index (χ3v) is 11.9. The number of likely N-dealkylation sites (N-methyl/N-ethyl adjacent to an activating group) is 2. The molecule has 0 aromatic heterocycles. The topological polar surface area (TPSA) is 143 Å². The van der Waals surface area contributed by atoms with Crippen molar-refractivity contribution in [3.63, 3.8) is 0 Å². The second kappa shape index (κ2) is 22.4.